The predicted octanol–water partition coefficient (Wildman–Crippen LogP) is 2.81. The highest BCUT2D eigenvalue weighted by Gasteiger charge is 2.36. The SMILES string of the molecule is FC(F)(F)c1cc(-c2nc(-c3ncn[nH]3)no2)cc(C2CC2)n1. The molecule has 1 aliphatic rings. The maximum absolute atomic E-state index is 13.0. The second kappa shape index (κ2) is 4.86. The van der Waals surface area contributed by atoms with Crippen LogP contribution in [0, 0.1) is 0 Å². The van der Waals surface area contributed by atoms with E-state index in [0.29, 0.717) is 5.69 Å². The van der Waals surface area contributed by atoms with Gasteiger partial charge in [0.1, 0.15) is 12.0 Å². The number of hydrogen-bond acceptors (Lipinski definition) is 6. The molecule has 0 spiro atoms. The first-order chi connectivity index (χ1) is 11.0. The number of nitrogens with zero attached hydrogens (tertiary/aromatic N) is 5. The molecule has 1 fully saturated rings. The van der Waals surface area contributed by atoms with Crippen LogP contribution in [0.3, 0.4) is 0 Å². The molecule has 4 rings (SSSR count). The molecule has 3 heterocycles. The molecule has 0 aromatic carbocycles. The topological polar surface area (TPSA) is 93.4 Å². The maximum Gasteiger partial charge on any atom is 0.433 e. The second-order valence-corrected chi connectivity index (χ2v) is 5.20. The summed E-state index contributed by atoms with van der Waals surface area (Å²) < 4.78 is 44.1. The molecule has 0 amide bonds. The van der Waals surface area contributed by atoms with Gasteiger partial charge in [0.05, 0.1) is 0 Å². The number of aromatic nitrogens is 6. The highest BCUT2D eigenvalue weighted by atomic mass is 19.4. The fourth-order valence-electron chi connectivity index (χ4n) is 2.16. The van der Waals surface area contributed by atoms with Crippen molar-refractivity contribution in [3.63, 3.8) is 0 Å². The Labute approximate surface area is 127 Å². The van der Waals surface area contributed by atoms with Crippen LogP contribution in [0.25, 0.3) is 23.1 Å². The van der Waals surface area contributed by atoms with Gasteiger partial charge in [0.25, 0.3) is 5.89 Å². The molecule has 0 unspecified atom stereocenters. The van der Waals surface area contributed by atoms with Gasteiger partial charge in [0.15, 0.2) is 5.82 Å². The van der Waals surface area contributed by atoms with Gasteiger partial charge < -0.3 is 4.52 Å². The van der Waals surface area contributed by atoms with Crippen LogP contribution < -0.4 is 0 Å². The van der Waals surface area contributed by atoms with Gasteiger partial charge in [0, 0.05) is 17.2 Å². The first-order valence-corrected chi connectivity index (χ1v) is 6.80. The van der Waals surface area contributed by atoms with E-state index in [9.17, 15) is 13.2 Å². The lowest BCUT2D eigenvalue weighted by atomic mass is 10.1. The Morgan fingerprint density at radius 3 is 2.65 bits per heavy atom. The second-order valence-electron chi connectivity index (χ2n) is 5.20. The molecule has 0 radical (unpaired) electrons. The van der Waals surface area contributed by atoms with Crippen LogP contribution in [0.2, 0.25) is 0 Å². The predicted molar refractivity (Wildman–Crippen MR) is 69.9 cm³/mol. The molecule has 1 N–H and O–H groups in total. The van der Waals surface area contributed by atoms with E-state index in [1.54, 1.807) is 6.07 Å². The maximum atomic E-state index is 13.0. The summed E-state index contributed by atoms with van der Waals surface area (Å²) in [6.45, 7) is 0. The first-order valence-electron chi connectivity index (χ1n) is 6.80. The Kier molecular flexibility index (Phi) is 2.93. The minimum absolute atomic E-state index is 0.0220. The third-order valence-electron chi connectivity index (χ3n) is 3.43. The number of H-pyrrole nitrogens is 1. The summed E-state index contributed by atoms with van der Waals surface area (Å²) >= 11 is 0. The van der Waals surface area contributed by atoms with Crippen LogP contribution in [0.1, 0.15) is 30.1 Å². The Bertz CT molecular complexity index is 838. The zero-order valence-electron chi connectivity index (χ0n) is 11.5. The Morgan fingerprint density at radius 1 is 1.17 bits per heavy atom. The van der Waals surface area contributed by atoms with E-state index >= 15 is 0 Å². The van der Waals surface area contributed by atoms with Crippen molar-refractivity contribution in [1.82, 2.24) is 30.3 Å². The van der Waals surface area contributed by atoms with Crippen molar-refractivity contribution >= 4 is 0 Å². The Hall–Kier alpha value is -2.78. The Morgan fingerprint density at radius 2 is 2.00 bits per heavy atom. The summed E-state index contributed by atoms with van der Waals surface area (Å²) in [7, 11) is 0. The quantitative estimate of drug-likeness (QED) is 0.797. The largest absolute Gasteiger partial charge is 0.433 e. The van der Waals surface area contributed by atoms with Crippen molar-refractivity contribution in [3.05, 3.63) is 29.8 Å². The van der Waals surface area contributed by atoms with Gasteiger partial charge in [-0.15, -0.1) is 0 Å². The molecule has 0 saturated heterocycles. The van der Waals surface area contributed by atoms with Crippen LogP contribution in [0.15, 0.2) is 23.0 Å². The summed E-state index contributed by atoms with van der Waals surface area (Å²) in [6, 6.07) is 2.47. The molecule has 1 saturated carbocycles. The van der Waals surface area contributed by atoms with Crippen molar-refractivity contribution in [2.75, 3.05) is 0 Å². The molecule has 0 aliphatic heterocycles. The Balaban J connectivity index is 1.77. The van der Waals surface area contributed by atoms with Crippen LogP contribution in [-0.2, 0) is 6.18 Å². The van der Waals surface area contributed by atoms with Gasteiger partial charge in [-0.3, -0.25) is 5.10 Å². The highest BCUT2D eigenvalue weighted by Crippen LogP contribution is 2.41. The van der Waals surface area contributed by atoms with Gasteiger partial charge in [0.2, 0.25) is 5.82 Å². The standard InChI is InChI=1S/C13H9F3N6O/c14-13(15,16)9-4-7(3-8(19-9)6-1-2-6)12-20-11(22-23-12)10-17-5-18-21-10/h3-6H,1-2H2,(H,17,18,21). The normalized spacial score (nSPS) is 15.1. The van der Waals surface area contributed by atoms with E-state index < -0.39 is 11.9 Å². The van der Waals surface area contributed by atoms with Crippen LogP contribution >= 0.6 is 0 Å². The van der Waals surface area contributed by atoms with Gasteiger partial charge in [-0.05, 0) is 25.0 Å². The van der Waals surface area contributed by atoms with Gasteiger partial charge >= 0.3 is 6.18 Å². The van der Waals surface area contributed by atoms with Crippen molar-refractivity contribution in [2.45, 2.75) is 24.9 Å². The van der Waals surface area contributed by atoms with Crippen LogP contribution in [-0.4, -0.2) is 30.3 Å². The van der Waals surface area contributed by atoms with E-state index in [-0.39, 0.29) is 29.0 Å². The average molecular weight is 322 g/mol. The highest BCUT2D eigenvalue weighted by molar-refractivity contribution is 5.57. The monoisotopic (exact) mass is 322 g/mol. The summed E-state index contributed by atoms with van der Waals surface area (Å²) in [5, 5.41) is 9.91. The number of nitrogens with one attached hydrogen (secondary N) is 1. The molecule has 3 aromatic rings. The molecule has 7 nitrogen and oxygen atoms in total. The molecule has 23 heavy (non-hydrogen) atoms. The molecule has 10 heteroatoms. The minimum atomic E-state index is -4.53. The number of rotatable bonds is 3. The smallest absolute Gasteiger partial charge is 0.333 e. The summed E-state index contributed by atoms with van der Waals surface area (Å²) in [5.74, 6) is 0.433. The molecule has 0 atom stereocenters. The lowest BCUT2D eigenvalue weighted by Crippen LogP contribution is -2.09. The summed E-state index contributed by atoms with van der Waals surface area (Å²) in [4.78, 5) is 11.6. The number of halogens is 3. The number of pyridine rings is 1. The van der Waals surface area contributed by atoms with E-state index in [1.165, 1.54) is 6.33 Å². The van der Waals surface area contributed by atoms with Gasteiger partial charge in [-0.25, -0.2) is 9.97 Å². The van der Waals surface area contributed by atoms with E-state index in [2.05, 4.69) is 30.3 Å². The zero-order valence-corrected chi connectivity index (χ0v) is 11.5. The van der Waals surface area contributed by atoms with Crippen molar-refractivity contribution < 1.29 is 17.7 Å². The summed E-state index contributed by atoms with van der Waals surface area (Å²) in [5.41, 5.74) is -0.377. The van der Waals surface area contributed by atoms with Crippen molar-refractivity contribution in [3.8, 4) is 23.1 Å². The molecule has 3 aromatic heterocycles. The lowest BCUT2D eigenvalue weighted by molar-refractivity contribution is -0.141. The molecule has 0 bridgehead atoms. The van der Waals surface area contributed by atoms with Gasteiger partial charge in [-0.1, -0.05) is 5.16 Å². The first kappa shape index (κ1) is 13.9. The zero-order chi connectivity index (χ0) is 16.0. The van der Waals surface area contributed by atoms with E-state index in [0.717, 1.165) is 18.9 Å². The fourth-order valence-corrected chi connectivity index (χ4v) is 2.16. The number of hydrogen-bond donors (Lipinski definition) is 1. The van der Waals surface area contributed by atoms with Crippen LogP contribution in [0.5, 0.6) is 0 Å². The fraction of sp³-hybridized carbons (Fsp3) is 0.308. The van der Waals surface area contributed by atoms with Crippen LogP contribution in [0.4, 0.5) is 13.2 Å². The molecular formula is C13H9F3N6O. The van der Waals surface area contributed by atoms with Crippen molar-refractivity contribution in [1.29, 1.82) is 0 Å². The van der Waals surface area contributed by atoms with Gasteiger partial charge in [-0.2, -0.15) is 23.3 Å². The number of aromatic amines is 1. The van der Waals surface area contributed by atoms with E-state index in [4.69, 9.17) is 4.52 Å². The molecule has 118 valence electrons. The number of alkyl halides is 3. The molecule has 1 aliphatic carbocycles. The average Bonchev–Trinajstić information content (AvgIpc) is 3.01. The van der Waals surface area contributed by atoms with E-state index in [1.807, 2.05) is 0 Å². The molecular weight excluding hydrogens is 313 g/mol. The third kappa shape index (κ3) is 2.67. The third-order valence-corrected chi connectivity index (χ3v) is 3.43. The lowest BCUT2D eigenvalue weighted by Gasteiger charge is -2.09. The van der Waals surface area contributed by atoms with Crippen molar-refractivity contribution in [2.24, 2.45) is 0 Å². The minimum Gasteiger partial charge on any atom is -0.333 e. The summed E-state index contributed by atoms with van der Waals surface area (Å²) in [6.07, 6.45) is -1.60.